The van der Waals surface area contributed by atoms with Gasteiger partial charge < -0.3 is 0 Å². The maximum atomic E-state index is 11.2. The van der Waals surface area contributed by atoms with Crippen LogP contribution < -0.4 is 0 Å². The molecule has 2 saturated heterocycles. The van der Waals surface area contributed by atoms with Crippen molar-refractivity contribution in [3.63, 3.8) is 0 Å². The zero-order chi connectivity index (χ0) is 21.7. The summed E-state index contributed by atoms with van der Waals surface area (Å²) < 4.78 is 3.40. The monoisotopic (exact) mass is 529 g/mol. The first-order valence-corrected chi connectivity index (χ1v) is 17.3. The van der Waals surface area contributed by atoms with Crippen molar-refractivity contribution >= 4 is 19.8 Å². The molecule has 2 heterocycles. The summed E-state index contributed by atoms with van der Waals surface area (Å²) in [5, 5.41) is 3.50. The van der Waals surface area contributed by atoms with E-state index in [-0.39, 0.29) is 6.04 Å². The summed E-state index contributed by atoms with van der Waals surface area (Å²) in [6, 6.07) is 0.179. The Hall–Kier alpha value is 0.330. The minimum atomic E-state index is -1.05. The number of nitrogens with zero attached hydrogens (tertiary/aromatic N) is 1. The summed E-state index contributed by atoms with van der Waals surface area (Å²) in [5.41, 5.74) is 0.607. The Bertz CT molecular complexity index is 622. The molecule has 0 bridgehead atoms. The number of hydrogen-bond donors (Lipinski definition) is 0. The molecule has 2 nitrogen and oxygen atoms in total. The van der Waals surface area contributed by atoms with Gasteiger partial charge in [-0.3, -0.25) is 0 Å². The van der Waals surface area contributed by atoms with E-state index in [1.54, 1.807) is 0 Å². The van der Waals surface area contributed by atoms with Gasteiger partial charge in [-0.2, -0.15) is 0 Å². The van der Waals surface area contributed by atoms with Crippen molar-refractivity contribution in [2.75, 3.05) is 8.86 Å². The van der Waals surface area contributed by atoms with Crippen LogP contribution in [-0.2, 0) is 0 Å². The molecule has 0 aromatic rings. The Morgan fingerprint density at radius 2 is 1.70 bits per heavy atom. The van der Waals surface area contributed by atoms with Gasteiger partial charge in [0.05, 0.1) is 0 Å². The van der Waals surface area contributed by atoms with Crippen molar-refractivity contribution in [1.29, 1.82) is 0 Å². The summed E-state index contributed by atoms with van der Waals surface area (Å²) >= 11 is -1.05. The summed E-state index contributed by atoms with van der Waals surface area (Å²) in [7, 11) is 0. The van der Waals surface area contributed by atoms with Gasteiger partial charge in [0.2, 0.25) is 0 Å². The van der Waals surface area contributed by atoms with E-state index in [4.69, 9.17) is 0 Å². The first kappa shape index (κ1) is 23.5. The van der Waals surface area contributed by atoms with Crippen LogP contribution in [0.3, 0.4) is 0 Å². The molecule has 9 atom stereocenters. The average molecular weight is 530 g/mol. The zero-order valence-electron chi connectivity index (χ0n) is 20.6. The van der Waals surface area contributed by atoms with Crippen molar-refractivity contribution in [3.05, 3.63) is 4.91 Å². The fourth-order valence-electron chi connectivity index (χ4n) is 8.54. The van der Waals surface area contributed by atoms with Crippen molar-refractivity contribution in [3.8, 4) is 0 Å². The van der Waals surface area contributed by atoms with E-state index in [0.29, 0.717) is 8.84 Å². The predicted molar refractivity (Wildman–Crippen MR) is 139 cm³/mol. The third kappa shape index (κ3) is 3.94. The molecule has 0 spiro atoms. The molecule has 9 unspecified atom stereocenters. The van der Waals surface area contributed by atoms with Crippen LogP contribution in [0.5, 0.6) is 0 Å². The Morgan fingerprint density at radius 3 is 2.40 bits per heavy atom. The second-order valence-corrected chi connectivity index (χ2v) is 19.6. The number of halogens is 1. The van der Waals surface area contributed by atoms with Gasteiger partial charge in [0.15, 0.2) is 0 Å². The molecule has 2 saturated carbocycles. The maximum absolute atomic E-state index is 11.2. The minimum absolute atomic E-state index is 0.179. The molecule has 0 radical (unpaired) electrons. The molecule has 30 heavy (non-hydrogen) atoms. The van der Waals surface area contributed by atoms with E-state index in [9.17, 15) is 4.91 Å². The molecule has 2 aliphatic heterocycles. The third-order valence-corrected chi connectivity index (χ3v) is 19.8. The van der Waals surface area contributed by atoms with Gasteiger partial charge in [-0.1, -0.05) is 0 Å². The van der Waals surface area contributed by atoms with E-state index in [2.05, 4.69) is 46.7 Å². The first-order chi connectivity index (χ1) is 14.2. The van der Waals surface area contributed by atoms with Crippen LogP contribution in [0.25, 0.3) is 0 Å². The van der Waals surface area contributed by atoms with Gasteiger partial charge in [-0.05, 0) is 0 Å². The molecule has 2 aliphatic carbocycles. The van der Waals surface area contributed by atoms with Crippen LogP contribution in [-0.4, -0.2) is 18.3 Å². The molecule has 4 fully saturated rings. The second-order valence-electron chi connectivity index (χ2n) is 12.5. The van der Waals surface area contributed by atoms with E-state index in [1.165, 1.54) is 60.2 Å². The molecule has 0 aromatic carbocycles. The Balaban J connectivity index is 1.45. The van der Waals surface area contributed by atoms with Crippen LogP contribution >= 0.6 is 19.8 Å². The van der Waals surface area contributed by atoms with Crippen LogP contribution in [0.15, 0.2) is 5.18 Å². The topological polar surface area (TPSA) is 29.4 Å². The van der Waals surface area contributed by atoms with Crippen molar-refractivity contribution in [2.24, 2.45) is 52.0 Å². The van der Waals surface area contributed by atoms with E-state index in [0.717, 1.165) is 47.8 Å². The molecule has 3 heteroatoms. The Kier molecular flexibility index (Phi) is 6.99. The fourth-order valence-corrected chi connectivity index (χ4v) is 17.5. The van der Waals surface area contributed by atoms with Gasteiger partial charge in [0.25, 0.3) is 0 Å². The van der Waals surface area contributed by atoms with E-state index < -0.39 is 19.8 Å². The number of hydrogen-bond acceptors (Lipinski definition) is 2. The molecule has 0 N–H and O–H groups in total. The molecular formula is C27H48INO. The second kappa shape index (κ2) is 8.93. The van der Waals surface area contributed by atoms with E-state index >= 15 is 0 Å². The van der Waals surface area contributed by atoms with E-state index in [1.807, 2.05) is 0 Å². The van der Waals surface area contributed by atoms with Crippen LogP contribution in [0.1, 0.15) is 99.3 Å². The Labute approximate surface area is 193 Å². The van der Waals surface area contributed by atoms with Gasteiger partial charge in [-0.15, -0.1) is 0 Å². The predicted octanol–water partition coefficient (Wildman–Crippen LogP) is 8.35. The average Bonchev–Trinajstić information content (AvgIpc) is 3.08. The molecule has 4 aliphatic rings. The quantitative estimate of drug-likeness (QED) is 0.193. The van der Waals surface area contributed by atoms with Gasteiger partial charge in [0, 0.05) is 0 Å². The van der Waals surface area contributed by atoms with Gasteiger partial charge in [0.1, 0.15) is 0 Å². The summed E-state index contributed by atoms with van der Waals surface area (Å²) in [6.07, 6.45) is 12.8. The summed E-state index contributed by atoms with van der Waals surface area (Å²) in [4.78, 5) is 11.2. The van der Waals surface area contributed by atoms with Crippen molar-refractivity contribution in [1.82, 2.24) is 0 Å². The van der Waals surface area contributed by atoms with Crippen LogP contribution in [0.2, 0.25) is 0 Å². The molecule has 0 aromatic heterocycles. The third-order valence-electron chi connectivity index (χ3n) is 10.9. The van der Waals surface area contributed by atoms with Crippen molar-refractivity contribution < 1.29 is 0 Å². The summed E-state index contributed by atoms with van der Waals surface area (Å²) in [5.74, 6) is 6.51. The fraction of sp³-hybridized carbons (Fsp3) is 1.00. The van der Waals surface area contributed by atoms with Crippen LogP contribution in [0.4, 0.5) is 0 Å². The zero-order valence-corrected chi connectivity index (χ0v) is 22.8. The van der Waals surface area contributed by atoms with Gasteiger partial charge >= 0.3 is 194 Å². The standard InChI is InChI=1S/C27H48INO/c1-18(2)19(3)7-8-20(4)23-9-10-24-22-13-16-28-17-21(29-30)11-15-27(28,6)25(22)12-14-26(23,24)5/h18-25H,7-17H2,1-6H3. The number of alkyl halides is 3. The van der Waals surface area contributed by atoms with Crippen molar-refractivity contribution in [2.45, 2.75) is 109 Å². The number of fused-ring (bicyclic) bond motifs is 5. The first-order valence-electron chi connectivity index (χ1n) is 13.1. The SMILES string of the molecule is CC(C)C(C)CCC(C)C1CCC2C3CCI4CC(N=O)CCC4(C)C3CCC12C. The Morgan fingerprint density at radius 1 is 0.933 bits per heavy atom. The molecule has 0 amide bonds. The molecular weight excluding hydrogens is 481 g/mol. The number of rotatable bonds is 6. The summed E-state index contributed by atoms with van der Waals surface area (Å²) in [6.45, 7) is 15.2. The molecule has 4 rings (SSSR count). The number of nitroso groups, excluding NO2 is 1. The normalized spacial score (nSPS) is 46.6. The van der Waals surface area contributed by atoms with Gasteiger partial charge in [-0.25, -0.2) is 0 Å². The molecule has 174 valence electrons. The van der Waals surface area contributed by atoms with Crippen LogP contribution in [0, 0.1) is 51.7 Å².